The Morgan fingerprint density at radius 2 is 2.05 bits per heavy atom. The third-order valence-electron chi connectivity index (χ3n) is 2.92. The molecule has 5 nitrogen and oxygen atoms in total. The standard InChI is InChI=1S/C14H13ClN2O3/c1-9-6-11(17(19)20)3-4-13(9)16-8-10-2-5-14(18)12(15)7-10/h2-7,16,18H,8H2,1H3. The number of phenols is 1. The van der Waals surface area contributed by atoms with Crippen LogP contribution >= 0.6 is 11.6 Å². The van der Waals surface area contributed by atoms with Crippen molar-refractivity contribution in [2.75, 3.05) is 5.32 Å². The first-order chi connectivity index (χ1) is 9.47. The molecule has 6 heteroatoms. The molecule has 0 spiro atoms. The molecule has 0 saturated heterocycles. The lowest BCUT2D eigenvalue weighted by Gasteiger charge is -2.10. The average molecular weight is 293 g/mol. The lowest BCUT2D eigenvalue weighted by atomic mass is 10.1. The van der Waals surface area contributed by atoms with Crippen molar-refractivity contribution in [2.24, 2.45) is 0 Å². The van der Waals surface area contributed by atoms with Crippen LogP contribution in [0.3, 0.4) is 0 Å². The number of aryl methyl sites for hydroxylation is 1. The molecule has 0 aliphatic carbocycles. The minimum Gasteiger partial charge on any atom is -0.506 e. The largest absolute Gasteiger partial charge is 0.506 e. The van der Waals surface area contributed by atoms with Gasteiger partial charge in [0.05, 0.1) is 9.95 Å². The number of nitro benzene ring substituents is 1. The van der Waals surface area contributed by atoms with Gasteiger partial charge < -0.3 is 10.4 Å². The maximum Gasteiger partial charge on any atom is 0.269 e. The molecule has 0 unspecified atom stereocenters. The third kappa shape index (κ3) is 3.19. The molecule has 20 heavy (non-hydrogen) atoms. The van der Waals surface area contributed by atoms with E-state index in [-0.39, 0.29) is 11.4 Å². The normalized spacial score (nSPS) is 10.3. The number of phenolic OH excluding ortho intramolecular Hbond substituents is 1. The molecule has 0 aliphatic rings. The highest BCUT2D eigenvalue weighted by molar-refractivity contribution is 6.32. The predicted octanol–water partition coefficient (Wildman–Crippen LogP) is 3.87. The van der Waals surface area contributed by atoms with E-state index in [0.29, 0.717) is 11.6 Å². The summed E-state index contributed by atoms with van der Waals surface area (Å²) < 4.78 is 0. The average Bonchev–Trinajstić information content (AvgIpc) is 2.41. The number of hydrogen-bond acceptors (Lipinski definition) is 4. The summed E-state index contributed by atoms with van der Waals surface area (Å²) in [6.07, 6.45) is 0. The van der Waals surface area contributed by atoms with Crippen LogP contribution in [0.2, 0.25) is 5.02 Å². The summed E-state index contributed by atoms with van der Waals surface area (Å²) in [5.74, 6) is 0.0435. The lowest BCUT2D eigenvalue weighted by molar-refractivity contribution is -0.384. The molecule has 0 radical (unpaired) electrons. The van der Waals surface area contributed by atoms with Gasteiger partial charge in [0.1, 0.15) is 5.75 Å². The predicted molar refractivity (Wildman–Crippen MR) is 78.3 cm³/mol. The number of benzene rings is 2. The molecule has 0 amide bonds. The van der Waals surface area contributed by atoms with Crippen LogP contribution in [0.5, 0.6) is 5.75 Å². The van der Waals surface area contributed by atoms with Crippen LogP contribution < -0.4 is 5.32 Å². The summed E-state index contributed by atoms with van der Waals surface area (Å²) in [7, 11) is 0. The molecule has 0 bridgehead atoms. The molecule has 0 fully saturated rings. The van der Waals surface area contributed by atoms with Crippen LogP contribution in [0.25, 0.3) is 0 Å². The Hall–Kier alpha value is -2.27. The fourth-order valence-corrected chi connectivity index (χ4v) is 2.02. The highest BCUT2D eigenvalue weighted by Crippen LogP contribution is 2.25. The van der Waals surface area contributed by atoms with Crippen LogP contribution in [-0.2, 0) is 6.54 Å². The Morgan fingerprint density at radius 3 is 2.65 bits per heavy atom. The zero-order valence-electron chi connectivity index (χ0n) is 10.8. The summed E-state index contributed by atoms with van der Waals surface area (Å²) >= 11 is 5.83. The molecule has 2 aromatic rings. The number of anilines is 1. The molecule has 0 heterocycles. The summed E-state index contributed by atoms with van der Waals surface area (Å²) in [4.78, 5) is 10.2. The van der Waals surface area contributed by atoms with Gasteiger partial charge in [-0.2, -0.15) is 0 Å². The first-order valence-electron chi connectivity index (χ1n) is 5.93. The summed E-state index contributed by atoms with van der Waals surface area (Å²) in [5, 5.41) is 23.5. The Balaban J connectivity index is 2.10. The smallest absolute Gasteiger partial charge is 0.269 e. The molecule has 2 N–H and O–H groups in total. The van der Waals surface area contributed by atoms with E-state index in [4.69, 9.17) is 11.6 Å². The van der Waals surface area contributed by atoms with Gasteiger partial charge in [-0.15, -0.1) is 0 Å². The van der Waals surface area contributed by atoms with E-state index in [1.807, 2.05) is 0 Å². The Kier molecular flexibility index (Phi) is 4.10. The molecule has 0 aromatic heterocycles. The van der Waals surface area contributed by atoms with E-state index in [1.54, 1.807) is 25.1 Å². The number of halogens is 1. The van der Waals surface area contributed by atoms with Gasteiger partial charge in [0.2, 0.25) is 0 Å². The van der Waals surface area contributed by atoms with Crippen LogP contribution in [0.1, 0.15) is 11.1 Å². The minimum atomic E-state index is -0.420. The Morgan fingerprint density at radius 1 is 1.30 bits per heavy atom. The lowest BCUT2D eigenvalue weighted by Crippen LogP contribution is -2.01. The van der Waals surface area contributed by atoms with Crippen molar-refractivity contribution in [1.29, 1.82) is 0 Å². The molecule has 2 rings (SSSR count). The maximum absolute atomic E-state index is 10.7. The van der Waals surface area contributed by atoms with Crippen molar-refractivity contribution in [2.45, 2.75) is 13.5 Å². The van der Waals surface area contributed by atoms with Crippen molar-refractivity contribution in [3.8, 4) is 5.75 Å². The fourth-order valence-electron chi connectivity index (χ4n) is 1.82. The highest BCUT2D eigenvalue weighted by atomic mass is 35.5. The minimum absolute atomic E-state index is 0.0435. The van der Waals surface area contributed by atoms with Crippen molar-refractivity contribution < 1.29 is 10.0 Å². The molecule has 0 aliphatic heterocycles. The molecule has 2 aromatic carbocycles. The van der Waals surface area contributed by atoms with Gasteiger partial charge in [-0.25, -0.2) is 0 Å². The number of nitrogens with one attached hydrogen (secondary N) is 1. The first kappa shape index (κ1) is 14.1. The zero-order valence-corrected chi connectivity index (χ0v) is 11.5. The highest BCUT2D eigenvalue weighted by Gasteiger charge is 2.08. The Labute approximate surface area is 121 Å². The quantitative estimate of drug-likeness (QED) is 0.662. The SMILES string of the molecule is Cc1cc([N+](=O)[O-])ccc1NCc1ccc(O)c(Cl)c1. The molecular weight excluding hydrogens is 280 g/mol. The van der Waals surface area contributed by atoms with Crippen molar-refractivity contribution in [3.63, 3.8) is 0 Å². The van der Waals surface area contributed by atoms with E-state index >= 15 is 0 Å². The summed E-state index contributed by atoms with van der Waals surface area (Å²) in [5.41, 5.74) is 2.59. The number of nitrogens with zero attached hydrogens (tertiary/aromatic N) is 1. The van der Waals surface area contributed by atoms with Gasteiger partial charge >= 0.3 is 0 Å². The number of rotatable bonds is 4. The van der Waals surface area contributed by atoms with E-state index in [9.17, 15) is 15.2 Å². The van der Waals surface area contributed by atoms with Gasteiger partial charge in [0, 0.05) is 24.4 Å². The van der Waals surface area contributed by atoms with Crippen LogP contribution in [0, 0.1) is 17.0 Å². The third-order valence-corrected chi connectivity index (χ3v) is 3.22. The van der Waals surface area contributed by atoms with E-state index < -0.39 is 4.92 Å². The van der Waals surface area contributed by atoms with Crippen LogP contribution in [0.15, 0.2) is 36.4 Å². The number of hydrogen-bond donors (Lipinski definition) is 2. The van der Waals surface area contributed by atoms with E-state index in [1.165, 1.54) is 18.2 Å². The van der Waals surface area contributed by atoms with Gasteiger partial charge in [-0.05, 0) is 36.2 Å². The second-order valence-electron chi connectivity index (χ2n) is 4.40. The van der Waals surface area contributed by atoms with Crippen molar-refractivity contribution in [1.82, 2.24) is 0 Å². The molecule has 0 saturated carbocycles. The first-order valence-corrected chi connectivity index (χ1v) is 6.31. The van der Waals surface area contributed by atoms with E-state index in [2.05, 4.69) is 5.32 Å². The fraction of sp³-hybridized carbons (Fsp3) is 0.143. The van der Waals surface area contributed by atoms with E-state index in [0.717, 1.165) is 16.8 Å². The number of aromatic hydroxyl groups is 1. The van der Waals surface area contributed by atoms with Gasteiger partial charge in [-0.3, -0.25) is 10.1 Å². The summed E-state index contributed by atoms with van der Waals surface area (Å²) in [6, 6.07) is 9.61. The second kappa shape index (κ2) is 5.79. The van der Waals surface area contributed by atoms with Gasteiger partial charge in [0.25, 0.3) is 5.69 Å². The maximum atomic E-state index is 10.7. The monoisotopic (exact) mass is 292 g/mol. The number of non-ortho nitro benzene ring substituents is 1. The van der Waals surface area contributed by atoms with Crippen LogP contribution in [-0.4, -0.2) is 10.0 Å². The van der Waals surface area contributed by atoms with Crippen molar-refractivity contribution in [3.05, 3.63) is 62.7 Å². The molecular formula is C14H13ClN2O3. The number of nitro groups is 1. The van der Waals surface area contributed by atoms with Crippen LogP contribution in [0.4, 0.5) is 11.4 Å². The Bertz CT molecular complexity index is 659. The molecule has 104 valence electrons. The zero-order chi connectivity index (χ0) is 14.7. The topological polar surface area (TPSA) is 75.4 Å². The summed E-state index contributed by atoms with van der Waals surface area (Å²) in [6.45, 7) is 2.32. The second-order valence-corrected chi connectivity index (χ2v) is 4.80. The van der Waals surface area contributed by atoms with Gasteiger partial charge in [-0.1, -0.05) is 17.7 Å². The molecule has 0 atom stereocenters. The van der Waals surface area contributed by atoms with Crippen molar-refractivity contribution >= 4 is 23.0 Å². The van der Waals surface area contributed by atoms with Gasteiger partial charge in [0.15, 0.2) is 0 Å².